The van der Waals surface area contributed by atoms with Crippen molar-refractivity contribution in [2.45, 2.75) is 6.92 Å². The Bertz CT molecular complexity index is 1170. The number of methoxy groups -OCH3 is 1. The Kier molecular flexibility index (Phi) is 5.20. The van der Waals surface area contributed by atoms with E-state index in [0.717, 1.165) is 0 Å². The standard InChI is InChI=1S/C23H16O6S/c1-13-10-16(28-23(26)19-4-3-9-30-19)12-17-20(13)21(24)18(29-17)11-14-5-7-15(8-6-14)22(25)27-2/h3-12H,1-2H3/b18-11-. The number of carbonyl (C=O) groups excluding carboxylic acids is 3. The largest absolute Gasteiger partial charge is 0.465 e. The van der Waals surface area contributed by atoms with Gasteiger partial charge in [-0.15, -0.1) is 11.3 Å². The number of fused-ring (bicyclic) bond motifs is 1. The van der Waals surface area contributed by atoms with Crippen molar-refractivity contribution in [2.75, 3.05) is 7.11 Å². The lowest BCUT2D eigenvalue weighted by Crippen LogP contribution is -2.06. The zero-order valence-electron chi connectivity index (χ0n) is 16.1. The van der Waals surface area contributed by atoms with Gasteiger partial charge >= 0.3 is 11.9 Å². The monoisotopic (exact) mass is 420 g/mol. The maximum atomic E-state index is 12.8. The van der Waals surface area contributed by atoms with Crippen molar-refractivity contribution in [3.8, 4) is 11.5 Å². The number of rotatable bonds is 4. The van der Waals surface area contributed by atoms with Crippen LogP contribution < -0.4 is 9.47 Å². The summed E-state index contributed by atoms with van der Waals surface area (Å²) in [5, 5.41) is 1.79. The Hall–Kier alpha value is -3.71. The molecule has 0 radical (unpaired) electrons. The first-order valence-corrected chi connectivity index (χ1v) is 9.87. The SMILES string of the molecule is COC(=O)c1ccc(/C=C2\Oc3cc(OC(=O)c4cccs4)cc(C)c3C2=O)cc1. The summed E-state index contributed by atoms with van der Waals surface area (Å²) in [6.45, 7) is 1.76. The molecule has 1 aliphatic heterocycles. The van der Waals surface area contributed by atoms with Gasteiger partial charge in [0.15, 0.2) is 5.76 Å². The second-order valence-electron chi connectivity index (χ2n) is 6.53. The van der Waals surface area contributed by atoms with E-state index in [9.17, 15) is 14.4 Å². The van der Waals surface area contributed by atoms with E-state index in [0.29, 0.717) is 38.6 Å². The molecule has 0 fully saturated rings. The number of benzene rings is 2. The molecular weight excluding hydrogens is 404 g/mol. The van der Waals surface area contributed by atoms with Crippen LogP contribution in [0.15, 0.2) is 59.7 Å². The minimum Gasteiger partial charge on any atom is -0.465 e. The van der Waals surface area contributed by atoms with Gasteiger partial charge in [0.25, 0.3) is 0 Å². The van der Waals surface area contributed by atoms with E-state index in [2.05, 4.69) is 4.74 Å². The fourth-order valence-electron chi connectivity index (χ4n) is 3.07. The van der Waals surface area contributed by atoms with Gasteiger partial charge in [-0.2, -0.15) is 0 Å². The summed E-state index contributed by atoms with van der Waals surface area (Å²) in [6, 6.07) is 13.2. The average molecular weight is 420 g/mol. The number of aryl methyl sites for hydroxylation is 1. The molecule has 4 rings (SSSR count). The normalized spacial score (nSPS) is 13.7. The summed E-state index contributed by atoms with van der Waals surface area (Å²) in [7, 11) is 1.31. The van der Waals surface area contributed by atoms with Crippen LogP contribution in [0.1, 0.15) is 41.5 Å². The molecule has 6 nitrogen and oxygen atoms in total. The van der Waals surface area contributed by atoms with E-state index < -0.39 is 11.9 Å². The third-order valence-corrected chi connectivity index (χ3v) is 5.36. The summed E-state index contributed by atoms with van der Waals surface area (Å²) >= 11 is 1.29. The molecule has 0 aliphatic carbocycles. The Morgan fingerprint density at radius 3 is 2.50 bits per heavy atom. The van der Waals surface area contributed by atoms with Crippen LogP contribution in [-0.2, 0) is 4.74 Å². The Morgan fingerprint density at radius 1 is 1.07 bits per heavy atom. The van der Waals surface area contributed by atoms with Crippen LogP contribution in [0.2, 0.25) is 0 Å². The molecule has 150 valence electrons. The predicted molar refractivity (Wildman–Crippen MR) is 111 cm³/mol. The van der Waals surface area contributed by atoms with Crippen molar-refractivity contribution >= 4 is 35.1 Å². The first-order valence-electron chi connectivity index (χ1n) is 8.99. The van der Waals surface area contributed by atoms with Gasteiger partial charge in [0.1, 0.15) is 16.4 Å². The zero-order chi connectivity index (χ0) is 21.3. The summed E-state index contributed by atoms with van der Waals surface area (Å²) in [5.74, 6) is -0.353. The number of esters is 2. The maximum absolute atomic E-state index is 12.8. The molecule has 30 heavy (non-hydrogen) atoms. The molecule has 7 heteroatoms. The Labute approximate surface area is 176 Å². The van der Waals surface area contributed by atoms with Crippen LogP contribution in [0.4, 0.5) is 0 Å². The molecule has 3 aromatic rings. The molecular formula is C23H16O6S. The second-order valence-corrected chi connectivity index (χ2v) is 7.48. The molecule has 1 aliphatic rings. The lowest BCUT2D eigenvalue weighted by atomic mass is 10.0. The number of ether oxygens (including phenoxy) is 3. The molecule has 0 N–H and O–H groups in total. The van der Waals surface area contributed by atoms with E-state index in [1.165, 1.54) is 24.5 Å². The van der Waals surface area contributed by atoms with Crippen LogP contribution >= 0.6 is 11.3 Å². The third-order valence-electron chi connectivity index (χ3n) is 4.51. The molecule has 0 saturated carbocycles. The van der Waals surface area contributed by atoms with Crippen LogP contribution in [0.3, 0.4) is 0 Å². The highest BCUT2D eigenvalue weighted by Gasteiger charge is 2.30. The fourth-order valence-corrected chi connectivity index (χ4v) is 3.67. The summed E-state index contributed by atoms with van der Waals surface area (Å²) in [4.78, 5) is 37.0. The van der Waals surface area contributed by atoms with Gasteiger partial charge in [0, 0.05) is 6.07 Å². The molecule has 2 heterocycles. The highest BCUT2D eigenvalue weighted by Crippen LogP contribution is 2.37. The molecule has 0 spiro atoms. The Morgan fingerprint density at radius 2 is 1.83 bits per heavy atom. The number of allylic oxidation sites excluding steroid dienone is 1. The predicted octanol–water partition coefficient (Wildman–Crippen LogP) is 4.68. The van der Waals surface area contributed by atoms with Crippen molar-refractivity contribution in [2.24, 2.45) is 0 Å². The first-order chi connectivity index (χ1) is 14.5. The molecule has 0 saturated heterocycles. The van der Waals surface area contributed by atoms with Gasteiger partial charge in [-0.3, -0.25) is 4.79 Å². The first kappa shape index (κ1) is 19.6. The fraction of sp³-hybridized carbons (Fsp3) is 0.0870. The number of Topliss-reactive ketones (excluding diaryl/α,β-unsaturated/α-hetero) is 1. The minimum absolute atomic E-state index is 0.153. The lowest BCUT2D eigenvalue weighted by Gasteiger charge is -2.06. The number of ketones is 1. The molecule has 2 aromatic carbocycles. The lowest BCUT2D eigenvalue weighted by molar-refractivity contribution is 0.0600. The smallest absolute Gasteiger partial charge is 0.353 e. The average Bonchev–Trinajstić information content (AvgIpc) is 3.37. The van der Waals surface area contributed by atoms with Gasteiger partial charge in [-0.05, 0) is 53.8 Å². The Balaban J connectivity index is 1.57. The topological polar surface area (TPSA) is 78.9 Å². The van der Waals surface area contributed by atoms with Crippen molar-refractivity contribution < 1.29 is 28.6 Å². The molecule has 0 bridgehead atoms. The van der Waals surface area contributed by atoms with Crippen LogP contribution in [0, 0.1) is 6.92 Å². The van der Waals surface area contributed by atoms with E-state index in [1.807, 2.05) is 0 Å². The van der Waals surface area contributed by atoms with E-state index >= 15 is 0 Å². The summed E-state index contributed by atoms with van der Waals surface area (Å²) in [6.07, 6.45) is 1.60. The van der Waals surface area contributed by atoms with Crippen molar-refractivity contribution in [3.63, 3.8) is 0 Å². The highest BCUT2D eigenvalue weighted by atomic mass is 32.1. The number of hydrogen-bond acceptors (Lipinski definition) is 7. The molecule has 0 atom stereocenters. The van der Waals surface area contributed by atoms with Crippen LogP contribution in [0.5, 0.6) is 11.5 Å². The van der Waals surface area contributed by atoms with Gasteiger partial charge in [-0.1, -0.05) is 18.2 Å². The molecule has 0 unspecified atom stereocenters. The van der Waals surface area contributed by atoms with Crippen LogP contribution in [0.25, 0.3) is 6.08 Å². The van der Waals surface area contributed by atoms with Crippen molar-refractivity contribution in [3.05, 3.63) is 86.8 Å². The maximum Gasteiger partial charge on any atom is 0.353 e. The number of carbonyl (C=O) groups is 3. The van der Waals surface area contributed by atoms with E-state index in [4.69, 9.17) is 9.47 Å². The number of thiophene rings is 1. The number of hydrogen-bond donors (Lipinski definition) is 0. The van der Waals surface area contributed by atoms with Gasteiger partial charge < -0.3 is 14.2 Å². The quantitative estimate of drug-likeness (QED) is 0.346. The molecule has 1 aromatic heterocycles. The highest BCUT2D eigenvalue weighted by molar-refractivity contribution is 7.12. The van der Waals surface area contributed by atoms with Crippen LogP contribution in [-0.4, -0.2) is 24.8 Å². The zero-order valence-corrected chi connectivity index (χ0v) is 16.9. The van der Waals surface area contributed by atoms with Crippen molar-refractivity contribution in [1.29, 1.82) is 0 Å². The van der Waals surface area contributed by atoms with E-state index in [-0.39, 0.29) is 11.5 Å². The summed E-state index contributed by atoms with van der Waals surface area (Å²) < 4.78 is 15.8. The van der Waals surface area contributed by atoms with E-state index in [1.54, 1.807) is 60.8 Å². The minimum atomic E-state index is -0.463. The van der Waals surface area contributed by atoms with Gasteiger partial charge in [-0.25, -0.2) is 9.59 Å². The van der Waals surface area contributed by atoms with Gasteiger partial charge in [0.2, 0.25) is 5.78 Å². The van der Waals surface area contributed by atoms with Gasteiger partial charge in [0.05, 0.1) is 18.2 Å². The second kappa shape index (κ2) is 7.96. The third kappa shape index (κ3) is 3.75. The van der Waals surface area contributed by atoms with Crippen molar-refractivity contribution in [1.82, 2.24) is 0 Å². The molecule has 0 amide bonds. The summed E-state index contributed by atoms with van der Waals surface area (Å²) in [5.41, 5.74) is 2.19.